The zero-order valence-corrected chi connectivity index (χ0v) is 16.3. The summed E-state index contributed by atoms with van der Waals surface area (Å²) in [5, 5.41) is 3.90. The number of amides is 1. The number of carbonyl (C=O) groups is 2. The molecule has 2 aromatic carbocycles. The number of para-hydroxylation sites is 1. The SMILES string of the molecule is Cc1cccc(NC(=O)Cn2cc(C(=O)C3CCCCC3)c3ccccc32)c1. The third-order valence-corrected chi connectivity index (χ3v) is 5.65. The molecular weight excluding hydrogens is 348 g/mol. The summed E-state index contributed by atoms with van der Waals surface area (Å²) in [6.45, 7) is 2.19. The highest BCUT2D eigenvalue weighted by atomic mass is 16.2. The number of carbonyl (C=O) groups excluding carboxylic acids is 2. The van der Waals surface area contributed by atoms with Gasteiger partial charge >= 0.3 is 0 Å². The molecule has 1 amide bonds. The summed E-state index contributed by atoms with van der Waals surface area (Å²) >= 11 is 0. The molecular formula is C24H26N2O2. The molecule has 0 spiro atoms. The standard InChI is InChI=1S/C24H26N2O2/c1-17-8-7-11-19(14-17)25-23(27)16-26-15-21(20-12-5-6-13-22(20)26)24(28)18-9-3-2-4-10-18/h5-8,11-15,18H,2-4,9-10,16H2,1H3,(H,25,27). The van der Waals surface area contributed by atoms with Crippen molar-refractivity contribution in [3.63, 3.8) is 0 Å². The van der Waals surface area contributed by atoms with Crippen LogP contribution >= 0.6 is 0 Å². The Balaban J connectivity index is 1.59. The van der Waals surface area contributed by atoms with Crippen molar-refractivity contribution in [3.8, 4) is 0 Å². The van der Waals surface area contributed by atoms with Crippen molar-refractivity contribution >= 4 is 28.3 Å². The van der Waals surface area contributed by atoms with Gasteiger partial charge < -0.3 is 9.88 Å². The van der Waals surface area contributed by atoms with Crippen molar-refractivity contribution in [2.45, 2.75) is 45.6 Å². The fourth-order valence-electron chi connectivity index (χ4n) is 4.24. The van der Waals surface area contributed by atoms with Crippen molar-refractivity contribution in [1.29, 1.82) is 0 Å². The lowest BCUT2D eigenvalue weighted by Gasteiger charge is -2.19. The Morgan fingerprint density at radius 3 is 2.61 bits per heavy atom. The molecule has 1 aromatic heterocycles. The Kier molecular flexibility index (Phi) is 5.29. The minimum Gasteiger partial charge on any atom is -0.337 e. The van der Waals surface area contributed by atoms with Gasteiger partial charge in [-0.15, -0.1) is 0 Å². The summed E-state index contributed by atoms with van der Waals surface area (Å²) in [6, 6.07) is 15.6. The second-order valence-corrected chi connectivity index (χ2v) is 7.80. The first kappa shape index (κ1) is 18.5. The molecule has 28 heavy (non-hydrogen) atoms. The molecule has 1 saturated carbocycles. The number of ketones is 1. The Morgan fingerprint density at radius 2 is 1.82 bits per heavy atom. The molecule has 0 unspecified atom stereocenters. The van der Waals surface area contributed by atoms with Crippen LogP contribution in [0.25, 0.3) is 10.9 Å². The van der Waals surface area contributed by atoms with E-state index in [-0.39, 0.29) is 24.2 Å². The first-order valence-electron chi connectivity index (χ1n) is 10.1. The zero-order valence-electron chi connectivity index (χ0n) is 16.3. The number of anilines is 1. The van der Waals surface area contributed by atoms with Crippen LogP contribution in [0.4, 0.5) is 5.69 Å². The zero-order chi connectivity index (χ0) is 19.5. The molecule has 1 aliphatic rings. The van der Waals surface area contributed by atoms with Gasteiger partial charge in [-0.1, -0.05) is 49.6 Å². The normalized spacial score (nSPS) is 14.9. The first-order valence-corrected chi connectivity index (χ1v) is 10.1. The summed E-state index contributed by atoms with van der Waals surface area (Å²) in [4.78, 5) is 25.7. The molecule has 4 nitrogen and oxygen atoms in total. The van der Waals surface area contributed by atoms with Crippen molar-refractivity contribution in [3.05, 3.63) is 65.9 Å². The summed E-state index contributed by atoms with van der Waals surface area (Å²) in [7, 11) is 0. The molecule has 0 radical (unpaired) electrons. The van der Waals surface area contributed by atoms with Crippen LogP contribution in [0.2, 0.25) is 0 Å². The summed E-state index contributed by atoms with van der Waals surface area (Å²) in [5.41, 5.74) is 3.58. The van der Waals surface area contributed by atoms with Gasteiger partial charge in [0.15, 0.2) is 5.78 Å². The Labute approximate surface area is 165 Å². The maximum atomic E-state index is 13.1. The number of rotatable bonds is 5. The van der Waals surface area contributed by atoms with Gasteiger partial charge in [-0.3, -0.25) is 9.59 Å². The first-order chi connectivity index (χ1) is 13.6. The van der Waals surface area contributed by atoms with Gasteiger partial charge in [-0.2, -0.15) is 0 Å². The number of aromatic nitrogens is 1. The number of hydrogen-bond donors (Lipinski definition) is 1. The fourth-order valence-corrected chi connectivity index (χ4v) is 4.24. The number of nitrogens with zero attached hydrogens (tertiary/aromatic N) is 1. The molecule has 0 bridgehead atoms. The minimum atomic E-state index is -0.0944. The quantitative estimate of drug-likeness (QED) is 0.612. The highest BCUT2D eigenvalue weighted by Gasteiger charge is 2.25. The smallest absolute Gasteiger partial charge is 0.244 e. The van der Waals surface area contributed by atoms with Gasteiger partial charge in [0.2, 0.25) is 5.91 Å². The third kappa shape index (κ3) is 3.86. The molecule has 144 valence electrons. The summed E-state index contributed by atoms with van der Waals surface area (Å²) < 4.78 is 1.90. The van der Waals surface area contributed by atoms with Crippen LogP contribution in [0.5, 0.6) is 0 Å². The number of Topliss-reactive ketones (excluding diaryl/α,β-unsaturated/α-hetero) is 1. The molecule has 0 saturated heterocycles. The number of fused-ring (bicyclic) bond motifs is 1. The number of benzene rings is 2. The second kappa shape index (κ2) is 8.01. The molecule has 4 heteroatoms. The van der Waals surface area contributed by atoms with E-state index in [0.717, 1.165) is 53.4 Å². The summed E-state index contributed by atoms with van der Waals surface area (Å²) in [6.07, 6.45) is 7.32. The minimum absolute atomic E-state index is 0.0944. The molecule has 0 aliphatic heterocycles. The van der Waals surface area contributed by atoms with E-state index < -0.39 is 0 Å². The van der Waals surface area contributed by atoms with Crippen molar-refractivity contribution in [1.82, 2.24) is 4.57 Å². The number of nitrogens with one attached hydrogen (secondary N) is 1. The lowest BCUT2D eigenvalue weighted by molar-refractivity contribution is -0.116. The van der Waals surface area contributed by atoms with Crippen LogP contribution in [0.3, 0.4) is 0 Å². The second-order valence-electron chi connectivity index (χ2n) is 7.80. The van der Waals surface area contributed by atoms with Crippen LogP contribution < -0.4 is 5.32 Å². The lowest BCUT2D eigenvalue weighted by Crippen LogP contribution is -2.19. The number of aryl methyl sites for hydroxylation is 1. The van der Waals surface area contributed by atoms with Crippen molar-refractivity contribution in [2.75, 3.05) is 5.32 Å². The highest BCUT2D eigenvalue weighted by molar-refractivity contribution is 6.09. The van der Waals surface area contributed by atoms with E-state index in [2.05, 4.69) is 5.32 Å². The van der Waals surface area contributed by atoms with Gasteiger partial charge in [0, 0.05) is 34.3 Å². The average molecular weight is 374 g/mol. The van der Waals surface area contributed by atoms with Gasteiger partial charge in [0.05, 0.1) is 0 Å². The van der Waals surface area contributed by atoms with Gasteiger partial charge in [0.1, 0.15) is 6.54 Å². The van der Waals surface area contributed by atoms with Crippen molar-refractivity contribution < 1.29 is 9.59 Å². The largest absolute Gasteiger partial charge is 0.337 e. The third-order valence-electron chi connectivity index (χ3n) is 5.65. The number of hydrogen-bond acceptors (Lipinski definition) is 2. The summed E-state index contributed by atoms with van der Waals surface area (Å²) in [5.74, 6) is 0.255. The lowest BCUT2D eigenvalue weighted by atomic mass is 9.84. The van der Waals surface area contributed by atoms with E-state index in [1.807, 2.05) is 66.2 Å². The molecule has 3 aromatic rings. The van der Waals surface area contributed by atoms with E-state index in [9.17, 15) is 9.59 Å². The van der Waals surface area contributed by atoms with E-state index in [4.69, 9.17) is 0 Å². The van der Waals surface area contributed by atoms with Crippen LogP contribution in [-0.4, -0.2) is 16.3 Å². The fraction of sp³-hybridized carbons (Fsp3) is 0.333. The van der Waals surface area contributed by atoms with Gasteiger partial charge in [-0.25, -0.2) is 0 Å². The van der Waals surface area contributed by atoms with Crippen LogP contribution in [-0.2, 0) is 11.3 Å². The molecule has 4 rings (SSSR count). The molecule has 1 fully saturated rings. The highest BCUT2D eigenvalue weighted by Crippen LogP contribution is 2.30. The van der Waals surface area contributed by atoms with E-state index in [1.54, 1.807) is 0 Å². The molecule has 0 atom stereocenters. The Morgan fingerprint density at radius 1 is 1.04 bits per heavy atom. The van der Waals surface area contributed by atoms with Crippen LogP contribution in [0.15, 0.2) is 54.7 Å². The maximum absolute atomic E-state index is 13.1. The predicted octanol–water partition coefficient (Wildman–Crippen LogP) is 5.35. The van der Waals surface area contributed by atoms with Gasteiger partial charge in [-0.05, 0) is 43.5 Å². The predicted molar refractivity (Wildman–Crippen MR) is 113 cm³/mol. The Bertz CT molecular complexity index is 1010. The van der Waals surface area contributed by atoms with Crippen LogP contribution in [0.1, 0.15) is 48.0 Å². The molecule has 1 heterocycles. The van der Waals surface area contributed by atoms with E-state index in [1.165, 1.54) is 6.42 Å². The van der Waals surface area contributed by atoms with Crippen LogP contribution in [0, 0.1) is 12.8 Å². The molecule has 1 N–H and O–H groups in total. The van der Waals surface area contributed by atoms with E-state index in [0.29, 0.717) is 0 Å². The van der Waals surface area contributed by atoms with Gasteiger partial charge in [0.25, 0.3) is 0 Å². The average Bonchev–Trinajstić information content (AvgIpc) is 3.06. The molecule has 1 aliphatic carbocycles. The topological polar surface area (TPSA) is 51.1 Å². The monoisotopic (exact) mass is 374 g/mol. The van der Waals surface area contributed by atoms with E-state index >= 15 is 0 Å². The van der Waals surface area contributed by atoms with Crippen molar-refractivity contribution in [2.24, 2.45) is 5.92 Å². The maximum Gasteiger partial charge on any atom is 0.244 e. The Hall–Kier alpha value is -2.88.